The number of ether oxygens (including phenoxy) is 1. The van der Waals surface area contributed by atoms with Crippen LogP contribution >= 0.6 is 23.2 Å². The highest BCUT2D eigenvalue weighted by Gasteiger charge is 2.40. The van der Waals surface area contributed by atoms with Gasteiger partial charge in [-0.1, -0.05) is 59.6 Å². The molecule has 2 unspecified atom stereocenters. The highest BCUT2D eigenvalue weighted by molar-refractivity contribution is 6.35. The highest BCUT2D eigenvalue weighted by atomic mass is 35.5. The average molecular weight is 378 g/mol. The van der Waals surface area contributed by atoms with E-state index in [1.807, 2.05) is 37.3 Å². The van der Waals surface area contributed by atoms with E-state index in [2.05, 4.69) is 17.0 Å². The van der Waals surface area contributed by atoms with E-state index in [-0.39, 0.29) is 17.8 Å². The van der Waals surface area contributed by atoms with E-state index in [4.69, 9.17) is 27.9 Å². The molecule has 0 aromatic heterocycles. The maximum absolute atomic E-state index is 12.5. The Morgan fingerprint density at radius 1 is 1.16 bits per heavy atom. The van der Waals surface area contributed by atoms with Gasteiger partial charge in [-0.05, 0) is 30.2 Å². The maximum Gasteiger partial charge on any atom is 0.310 e. The molecule has 2 aromatic rings. The Bertz CT molecular complexity index is 736. The largest absolute Gasteiger partial charge is 0.466 e. The molecule has 1 heterocycles. The van der Waals surface area contributed by atoms with E-state index in [9.17, 15) is 4.79 Å². The van der Waals surface area contributed by atoms with Crippen LogP contribution in [0.25, 0.3) is 0 Å². The lowest BCUT2D eigenvalue weighted by atomic mass is 9.89. The number of carbonyl (C=O) groups excluding carboxylic acids is 1. The average Bonchev–Trinajstić information content (AvgIpc) is 2.99. The summed E-state index contributed by atoms with van der Waals surface area (Å²) in [4.78, 5) is 14.8. The molecule has 1 fully saturated rings. The summed E-state index contributed by atoms with van der Waals surface area (Å²) in [6, 6.07) is 15.7. The highest BCUT2D eigenvalue weighted by Crippen LogP contribution is 2.38. The van der Waals surface area contributed by atoms with Gasteiger partial charge in [-0.15, -0.1) is 0 Å². The van der Waals surface area contributed by atoms with Gasteiger partial charge in [0.05, 0.1) is 12.5 Å². The minimum absolute atomic E-state index is 0.00697. The number of rotatable bonds is 5. The second-order valence-electron chi connectivity index (χ2n) is 6.31. The SMILES string of the molecule is CCOC(=O)C1CN(Cc2ccccc2)CC1c1ccc(Cl)cc1Cl. The summed E-state index contributed by atoms with van der Waals surface area (Å²) in [7, 11) is 0. The van der Waals surface area contributed by atoms with Crippen molar-refractivity contribution in [3.05, 3.63) is 69.7 Å². The van der Waals surface area contributed by atoms with E-state index in [0.29, 0.717) is 23.2 Å². The number of carbonyl (C=O) groups is 1. The fourth-order valence-electron chi connectivity index (χ4n) is 3.46. The Kier molecular flexibility index (Phi) is 6.00. The summed E-state index contributed by atoms with van der Waals surface area (Å²) in [5.41, 5.74) is 2.19. The minimum Gasteiger partial charge on any atom is -0.466 e. The van der Waals surface area contributed by atoms with Gasteiger partial charge in [-0.3, -0.25) is 9.69 Å². The fourth-order valence-corrected chi connectivity index (χ4v) is 4.01. The quantitative estimate of drug-likeness (QED) is 0.702. The van der Waals surface area contributed by atoms with Crippen LogP contribution in [-0.4, -0.2) is 30.6 Å². The molecule has 1 saturated heterocycles. The molecule has 0 amide bonds. The van der Waals surface area contributed by atoms with Gasteiger partial charge in [0.1, 0.15) is 0 Å². The number of likely N-dealkylation sites (tertiary alicyclic amines) is 1. The van der Waals surface area contributed by atoms with E-state index in [1.165, 1.54) is 5.56 Å². The molecule has 3 rings (SSSR count). The van der Waals surface area contributed by atoms with Crippen LogP contribution in [0.4, 0.5) is 0 Å². The molecule has 1 aliphatic heterocycles. The van der Waals surface area contributed by atoms with Crippen LogP contribution in [0.5, 0.6) is 0 Å². The summed E-state index contributed by atoms with van der Waals surface area (Å²) >= 11 is 12.4. The second kappa shape index (κ2) is 8.22. The zero-order valence-corrected chi connectivity index (χ0v) is 15.6. The predicted molar refractivity (Wildman–Crippen MR) is 101 cm³/mol. The normalized spacial score (nSPS) is 20.6. The molecular formula is C20H21Cl2NO2. The Morgan fingerprint density at radius 2 is 1.92 bits per heavy atom. The third kappa shape index (κ3) is 4.35. The van der Waals surface area contributed by atoms with Crippen molar-refractivity contribution in [3.63, 3.8) is 0 Å². The van der Waals surface area contributed by atoms with E-state index >= 15 is 0 Å². The van der Waals surface area contributed by atoms with Gasteiger partial charge in [0.2, 0.25) is 0 Å². The van der Waals surface area contributed by atoms with Crippen LogP contribution in [0.2, 0.25) is 10.0 Å². The second-order valence-corrected chi connectivity index (χ2v) is 7.15. The molecule has 2 aromatic carbocycles. The molecule has 0 aliphatic carbocycles. The fraction of sp³-hybridized carbons (Fsp3) is 0.350. The summed E-state index contributed by atoms with van der Waals surface area (Å²) in [5, 5.41) is 1.20. The summed E-state index contributed by atoms with van der Waals surface area (Å²) in [6.07, 6.45) is 0. The van der Waals surface area contributed by atoms with E-state index in [1.54, 1.807) is 6.07 Å². The van der Waals surface area contributed by atoms with Gasteiger partial charge in [0, 0.05) is 35.6 Å². The van der Waals surface area contributed by atoms with Crippen LogP contribution in [0.3, 0.4) is 0 Å². The molecule has 0 saturated carbocycles. The van der Waals surface area contributed by atoms with Gasteiger partial charge in [-0.25, -0.2) is 0 Å². The molecule has 5 heteroatoms. The molecule has 0 radical (unpaired) electrons. The molecule has 0 bridgehead atoms. The van der Waals surface area contributed by atoms with Gasteiger partial charge >= 0.3 is 5.97 Å². The number of hydrogen-bond donors (Lipinski definition) is 0. The first-order valence-electron chi connectivity index (χ1n) is 8.46. The van der Waals surface area contributed by atoms with Crippen LogP contribution in [-0.2, 0) is 16.1 Å². The van der Waals surface area contributed by atoms with Crippen molar-refractivity contribution < 1.29 is 9.53 Å². The third-order valence-electron chi connectivity index (χ3n) is 4.60. The van der Waals surface area contributed by atoms with Crippen molar-refractivity contribution in [1.82, 2.24) is 4.90 Å². The molecule has 0 N–H and O–H groups in total. The van der Waals surface area contributed by atoms with E-state index < -0.39 is 0 Å². The lowest BCUT2D eigenvalue weighted by molar-refractivity contribution is -0.148. The first-order valence-corrected chi connectivity index (χ1v) is 9.22. The van der Waals surface area contributed by atoms with Gasteiger partial charge in [-0.2, -0.15) is 0 Å². The Balaban J connectivity index is 1.84. The number of nitrogens with zero attached hydrogens (tertiary/aromatic N) is 1. The number of hydrogen-bond acceptors (Lipinski definition) is 3. The Labute approximate surface area is 158 Å². The number of halogens is 2. The summed E-state index contributed by atoms with van der Waals surface area (Å²) < 4.78 is 5.30. The van der Waals surface area contributed by atoms with Crippen molar-refractivity contribution in [1.29, 1.82) is 0 Å². The van der Waals surface area contributed by atoms with Crippen molar-refractivity contribution >= 4 is 29.2 Å². The predicted octanol–water partition coefficient (Wildman–Crippen LogP) is 4.77. The van der Waals surface area contributed by atoms with Gasteiger partial charge < -0.3 is 4.74 Å². The molecule has 0 spiro atoms. The number of esters is 1. The zero-order valence-electron chi connectivity index (χ0n) is 14.1. The smallest absolute Gasteiger partial charge is 0.310 e. The van der Waals surface area contributed by atoms with Crippen LogP contribution in [0.1, 0.15) is 24.0 Å². The first-order chi connectivity index (χ1) is 12.1. The lowest BCUT2D eigenvalue weighted by Crippen LogP contribution is -2.25. The van der Waals surface area contributed by atoms with Crippen molar-refractivity contribution in [3.8, 4) is 0 Å². The maximum atomic E-state index is 12.5. The molecule has 1 aliphatic rings. The minimum atomic E-state index is -0.220. The van der Waals surface area contributed by atoms with Crippen LogP contribution in [0.15, 0.2) is 48.5 Å². The monoisotopic (exact) mass is 377 g/mol. The van der Waals surface area contributed by atoms with Crippen molar-refractivity contribution in [2.45, 2.75) is 19.4 Å². The third-order valence-corrected chi connectivity index (χ3v) is 5.16. The standard InChI is InChI=1S/C20H21Cl2NO2/c1-2-25-20(24)18-13-23(11-14-6-4-3-5-7-14)12-17(18)16-9-8-15(21)10-19(16)22/h3-10,17-18H,2,11-13H2,1H3. The van der Waals surface area contributed by atoms with Crippen LogP contribution < -0.4 is 0 Å². The topological polar surface area (TPSA) is 29.5 Å². The first kappa shape index (κ1) is 18.2. The van der Waals surface area contributed by atoms with Gasteiger partial charge in [0.25, 0.3) is 0 Å². The number of benzene rings is 2. The summed E-state index contributed by atoms with van der Waals surface area (Å²) in [5.74, 6) is -0.371. The van der Waals surface area contributed by atoms with Crippen LogP contribution in [0, 0.1) is 5.92 Å². The molecule has 2 atom stereocenters. The van der Waals surface area contributed by atoms with Crippen molar-refractivity contribution in [2.75, 3.05) is 19.7 Å². The Hall–Kier alpha value is -1.55. The molecule has 25 heavy (non-hydrogen) atoms. The van der Waals surface area contributed by atoms with E-state index in [0.717, 1.165) is 18.7 Å². The zero-order chi connectivity index (χ0) is 17.8. The molecule has 3 nitrogen and oxygen atoms in total. The lowest BCUT2D eigenvalue weighted by Gasteiger charge is -2.18. The molecular weight excluding hydrogens is 357 g/mol. The summed E-state index contributed by atoms with van der Waals surface area (Å²) in [6.45, 7) is 4.45. The van der Waals surface area contributed by atoms with Crippen molar-refractivity contribution in [2.24, 2.45) is 5.92 Å². The Morgan fingerprint density at radius 3 is 2.60 bits per heavy atom. The molecule has 132 valence electrons. The van der Waals surface area contributed by atoms with Gasteiger partial charge in [0.15, 0.2) is 0 Å².